The Morgan fingerprint density at radius 2 is 1.09 bits per heavy atom. The van der Waals surface area contributed by atoms with Crippen molar-refractivity contribution in [3.8, 4) is 0 Å². The minimum atomic E-state index is -4.66. The molecule has 3 aliphatic heterocycles. The van der Waals surface area contributed by atoms with Crippen molar-refractivity contribution in [3.63, 3.8) is 0 Å². The number of nitrogens with zero attached hydrogens (tertiary/aromatic N) is 8. The van der Waals surface area contributed by atoms with E-state index >= 15 is 0 Å². The molecule has 0 aliphatic carbocycles. The van der Waals surface area contributed by atoms with Crippen LogP contribution in [0.4, 0.5) is 11.6 Å². The van der Waals surface area contributed by atoms with Gasteiger partial charge in [0.25, 0.3) is 0 Å². The summed E-state index contributed by atoms with van der Waals surface area (Å²) < 4.78 is 51.8. The fourth-order valence-corrected chi connectivity index (χ4v) is 7.39. The molecule has 0 radical (unpaired) electrons. The molecule has 3 aliphatic rings. The van der Waals surface area contributed by atoms with Gasteiger partial charge >= 0.3 is 15.2 Å². The average molecular weight is 650 g/mol. The average Bonchev–Trinajstić information content (AvgIpc) is 3.73. The van der Waals surface area contributed by atoms with E-state index < -0.39 is 64.3 Å². The van der Waals surface area contributed by atoms with Crippen molar-refractivity contribution in [2.24, 2.45) is 0 Å². The molecule has 2 unspecified atom stereocenters. The Morgan fingerprint density at radius 3 is 1.50 bits per heavy atom. The minimum Gasteiger partial charge on any atom is -0.386 e. The standard InChI is InChI=1S/C22H24N10O10P2/c23-17-11-19(27-5-25-17)31(7-29-11)21-13(33)15-9(39-21)1-3-43(35,36)42-16-10(2-4-44(37,38)41-15)40-22(14(16)34)32-8-30-12-18(24)26-6-28-20(12)32/h1-10,13-16,21-22,33-34H,(H,35,36)(H,37,38)(H2,23,25,27)(H2,24,26,28)/b3-1-,4-2+/t9-,10-,13-,14-,15-,16-,21-,22-/m1/s1. The summed E-state index contributed by atoms with van der Waals surface area (Å²) in [4.78, 5) is 45.7. The molecule has 232 valence electrons. The van der Waals surface area contributed by atoms with Gasteiger partial charge < -0.3 is 40.9 Å². The number of hydrogen-bond donors (Lipinski definition) is 6. The van der Waals surface area contributed by atoms with E-state index in [0.717, 1.165) is 23.8 Å². The number of nitrogens with two attached hydrogens (primary N) is 2. The number of imidazole rings is 2. The summed E-state index contributed by atoms with van der Waals surface area (Å²) in [6.45, 7) is 0. The number of aromatic nitrogens is 8. The molecule has 0 amide bonds. The molecule has 20 nitrogen and oxygen atoms in total. The monoisotopic (exact) mass is 650 g/mol. The Labute approximate surface area is 245 Å². The van der Waals surface area contributed by atoms with Gasteiger partial charge in [0.05, 0.1) is 12.7 Å². The molecule has 2 saturated heterocycles. The van der Waals surface area contributed by atoms with Crippen LogP contribution in [0.5, 0.6) is 0 Å². The maximum absolute atomic E-state index is 13.2. The van der Waals surface area contributed by atoms with Gasteiger partial charge in [0.15, 0.2) is 35.4 Å². The van der Waals surface area contributed by atoms with Crippen molar-refractivity contribution in [2.75, 3.05) is 11.5 Å². The lowest BCUT2D eigenvalue weighted by atomic mass is 10.1. The van der Waals surface area contributed by atoms with Gasteiger partial charge in [-0.1, -0.05) is 0 Å². The Bertz CT molecular complexity index is 1780. The molecule has 0 bridgehead atoms. The molecular weight excluding hydrogens is 626 g/mol. The number of aliphatic hydroxyl groups excluding tert-OH is 2. The highest BCUT2D eigenvalue weighted by Gasteiger charge is 2.50. The third kappa shape index (κ3) is 4.90. The van der Waals surface area contributed by atoms with Crippen LogP contribution >= 0.6 is 15.2 Å². The third-order valence-corrected chi connectivity index (χ3v) is 9.48. The molecule has 4 aromatic heterocycles. The summed E-state index contributed by atoms with van der Waals surface area (Å²) in [5, 5.41) is 22.3. The van der Waals surface area contributed by atoms with Crippen molar-refractivity contribution in [1.82, 2.24) is 39.0 Å². The smallest absolute Gasteiger partial charge is 0.351 e. The fraction of sp³-hybridized carbons (Fsp3) is 0.364. The lowest BCUT2D eigenvalue weighted by Crippen LogP contribution is -2.34. The first-order valence-corrected chi connectivity index (χ1v) is 16.2. The van der Waals surface area contributed by atoms with Crippen LogP contribution in [0.3, 0.4) is 0 Å². The number of nitrogen functional groups attached to an aromatic ring is 2. The molecule has 7 heterocycles. The summed E-state index contributed by atoms with van der Waals surface area (Å²) >= 11 is 0. The molecule has 0 spiro atoms. The second-order valence-corrected chi connectivity index (χ2v) is 13.4. The highest BCUT2D eigenvalue weighted by Crippen LogP contribution is 2.53. The maximum atomic E-state index is 13.2. The van der Waals surface area contributed by atoms with E-state index in [1.165, 1.54) is 34.4 Å². The van der Waals surface area contributed by atoms with Crippen molar-refractivity contribution >= 4 is 49.2 Å². The number of anilines is 2. The van der Waals surface area contributed by atoms with Gasteiger partial charge in [-0.25, -0.2) is 29.9 Å². The first kappa shape index (κ1) is 29.1. The van der Waals surface area contributed by atoms with Crippen LogP contribution in [0.15, 0.2) is 49.1 Å². The van der Waals surface area contributed by atoms with E-state index in [9.17, 15) is 29.1 Å². The summed E-state index contributed by atoms with van der Waals surface area (Å²) in [5.74, 6) is 1.67. The maximum Gasteiger partial charge on any atom is 0.351 e. The van der Waals surface area contributed by atoms with Crippen molar-refractivity contribution in [1.29, 1.82) is 0 Å². The lowest BCUT2D eigenvalue weighted by molar-refractivity contribution is -0.0245. The quantitative estimate of drug-likeness (QED) is 0.149. The summed E-state index contributed by atoms with van der Waals surface area (Å²) in [6, 6.07) is 0. The molecule has 44 heavy (non-hydrogen) atoms. The molecular formula is C22H24N10O10P2. The van der Waals surface area contributed by atoms with Crippen LogP contribution in [0.1, 0.15) is 12.5 Å². The van der Waals surface area contributed by atoms with Crippen LogP contribution in [-0.2, 0) is 27.7 Å². The largest absolute Gasteiger partial charge is 0.386 e. The predicted molar refractivity (Wildman–Crippen MR) is 147 cm³/mol. The molecule has 0 saturated carbocycles. The van der Waals surface area contributed by atoms with Crippen LogP contribution in [0.2, 0.25) is 0 Å². The molecule has 22 heteroatoms. The van der Waals surface area contributed by atoms with Crippen LogP contribution in [0.25, 0.3) is 22.3 Å². The Balaban J connectivity index is 1.22. The number of aliphatic hydroxyl groups is 2. The Hall–Kier alpha value is -3.68. The number of fused-ring (bicyclic) bond motifs is 4. The van der Waals surface area contributed by atoms with Gasteiger partial charge in [-0.3, -0.25) is 27.3 Å². The molecule has 10 atom stereocenters. The Morgan fingerprint density at radius 1 is 0.682 bits per heavy atom. The second kappa shape index (κ2) is 10.5. The van der Waals surface area contributed by atoms with E-state index in [0.29, 0.717) is 0 Å². The second-order valence-electron chi connectivity index (χ2n) is 10.1. The SMILES string of the molecule is Nc1ncnc2c1ncn2[C@@H]1O[C@@H]2/C=C\P(=O)(O)O[C@H]3[C@@H](O)[C@H](n4cnc5c(N)ncnc54)O[C@@H]3/C=C/P(=O)(O)O[C@H]2[C@H]1O. The van der Waals surface area contributed by atoms with Gasteiger partial charge in [-0.05, 0) is 12.2 Å². The zero-order chi connectivity index (χ0) is 31.0. The zero-order valence-electron chi connectivity index (χ0n) is 22.1. The fourth-order valence-electron chi connectivity index (χ4n) is 5.28. The van der Waals surface area contributed by atoms with Crippen molar-refractivity contribution in [2.45, 2.75) is 49.1 Å². The van der Waals surface area contributed by atoms with Crippen LogP contribution < -0.4 is 11.5 Å². The van der Waals surface area contributed by atoms with E-state index in [1.807, 2.05) is 0 Å². The van der Waals surface area contributed by atoms with Gasteiger partial charge in [0.1, 0.15) is 60.3 Å². The van der Waals surface area contributed by atoms with Gasteiger partial charge in [-0.15, -0.1) is 0 Å². The third-order valence-electron chi connectivity index (χ3n) is 7.29. The normalized spacial score (nSPS) is 39.0. The molecule has 4 aromatic rings. The molecule has 8 N–H and O–H groups in total. The first-order chi connectivity index (χ1) is 20.9. The zero-order valence-corrected chi connectivity index (χ0v) is 23.9. The number of hydrogen-bond acceptors (Lipinski definition) is 16. The van der Waals surface area contributed by atoms with Gasteiger partial charge in [0.2, 0.25) is 0 Å². The van der Waals surface area contributed by atoms with Crippen molar-refractivity contribution in [3.05, 3.63) is 49.1 Å². The van der Waals surface area contributed by atoms with E-state index in [4.69, 9.17) is 30.0 Å². The van der Waals surface area contributed by atoms with E-state index in [-0.39, 0.29) is 34.0 Å². The summed E-state index contributed by atoms with van der Waals surface area (Å²) in [7, 11) is -9.32. The van der Waals surface area contributed by atoms with E-state index in [2.05, 4.69) is 29.9 Å². The van der Waals surface area contributed by atoms with Gasteiger partial charge in [-0.2, -0.15) is 0 Å². The van der Waals surface area contributed by atoms with E-state index in [1.54, 1.807) is 0 Å². The predicted octanol–water partition coefficient (Wildman–Crippen LogP) is -0.471. The highest BCUT2D eigenvalue weighted by atomic mass is 31.2. The van der Waals surface area contributed by atoms with Crippen molar-refractivity contribution < 1.29 is 47.7 Å². The van der Waals surface area contributed by atoms with Gasteiger partial charge in [0, 0.05) is 11.6 Å². The molecule has 0 aromatic carbocycles. The number of ether oxygens (including phenoxy) is 2. The van der Waals surface area contributed by atoms with Crippen LogP contribution in [-0.4, -0.2) is 95.7 Å². The summed E-state index contributed by atoms with van der Waals surface area (Å²) in [6.07, 6.45) is -4.41. The highest BCUT2D eigenvalue weighted by molar-refractivity contribution is 7.56. The molecule has 2 fully saturated rings. The topological polar surface area (TPSA) is 291 Å². The lowest BCUT2D eigenvalue weighted by Gasteiger charge is -2.24. The summed E-state index contributed by atoms with van der Waals surface area (Å²) in [5.41, 5.74) is 12.5. The minimum absolute atomic E-state index is 0.0723. The first-order valence-electron chi connectivity index (χ1n) is 12.9. The Kier molecular flexibility index (Phi) is 6.90. The van der Waals surface area contributed by atoms with Crippen LogP contribution in [0, 0.1) is 0 Å². The molecule has 7 rings (SSSR count). The number of rotatable bonds is 2.